The summed E-state index contributed by atoms with van der Waals surface area (Å²) in [6.07, 6.45) is 10.1. The van der Waals surface area contributed by atoms with Crippen molar-refractivity contribution in [1.29, 1.82) is 0 Å². The first-order valence-electron chi connectivity index (χ1n) is 16.1. The Hall–Kier alpha value is -6.16. The summed E-state index contributed by atoms with van der Waals surface area (Å²) in [5, 5.41) is 13.9. The predicted molar refractivity (Wildman–Crippen MR) is 210 cm³/mol. The van der Waals surface area contributed by atoms with Crippen LogP contribution in [0.25, 0.3) is 0 Å². The Labute approximate surface area is 331 Å². The molecule has 0 fully saturated rings. The maximum Gasteiger partial charge on any atom is 0.308 e. The number of halogens is 2. The Morgan fingerprint density at radius 3 is 1.51 bits per heavy atom. The average molecular weight is 794 g/mol. The number of esters is 1. The molecule has 14 nitrogen and oxygen atoms in total. The molecule has 0 aliphatic heterocycles. The molecule has 7 N–H and O–H groups in total. The van der Waals surface area contributed by atoms with E-state index in [9.17, 15) is 19.2 Å². The van der Waals surface area contributed by atoms with Crippen molar-refractivity contribution < 1.29 is 38.5 Å². The van der Waals surface area contributed by atoms with E-state index in [1.54, 1.807) is 54.6 Å². The van der Waals surface area contributed by atoms with Gasteiger partial charge < -0.3 is 41.4 Å². The van der Waals surface area contributed by atoms with Crippen molar-refractivity contribution in [3.63, 3.8) is 0 Å². The third-order valence-corrected chi connectivity index (χ3v) is 7.08. The van der Waals surface area contributed by atoms with Gasteiger partial charge in [-0.2, -0.15) is 0 Å². The number of carbonyl (C=O) groups excluding carboxylic acids is 3. The number of terminal acetylenes is 2. The van der Waals surface area contributed by atoms with Crippen LogP contribution in [0.2, 0.25) is 0 Å². The fraction of sp³-hybridized carbons (Fsp3) is 0.231. The number of nitrogens with two attached hydrogens (primary N) is 2. The molecule has 55 heavy (non-hydrogen) atoms. The maximum atomic E-state index is 12.4. The summed E-state index contributed by atoms with van der Waals surface area (Å²) in [5.41, 5.74) is 15.3. The third kappa shape index (κ3) is 15.8. The smallest absolute Gasteiger partial charge is 0.308 e. The lowest BCUT2D eigenvalue weighted by Gasteiger charge is -2.13. The highest BCUT2D eigenvalue weighted by atomic mass is 35.5. The molecule has 0 saturated carbocycles. The first-order chi connectivity index (χ1) is 25.3. The molecule has 0 radical (unpaired) electrons. The summed E-state index contributed by atoms with van der Waals surface area (Å²) in [4.78, 5) is 55.3. The van der Waals surface area contributed by atoms with Crippen LogP contribution in [0.3, 0.4) is 0 Å². The van der Waals surface area contributed by atoms with Crippen LogP contribution in [0.4, 0.5) is 0 Å². The van der Waals surface area contributed by atoms with E-state index in [2.05, 4.69) is 37.2 Å². The van der Waals surface area contributed by atoms with Gasteiger partial charge in [-0.15, -0.1) is 37.7 Å². The van der Waals surface area contributed by atoms with Gasteiger partial charge in [-0.3, -0.25) is 19.2 Å². The number of rotatable bonds is 14. The van der Waals surface area contributed by atoms with Gasteiger partial charge in [0, 0.05) is 47.7 Å². The topological polar surface area (TPSA) is 218 Å². The number of carboxylic acids is 1. The van der Waals surface area contributed by atoms with Crippen molar-refractivity contribution >= 4 is 48.6 Å². The van der Waals surface area contributed by atoms with Gasteiger partial charge in [0.15, 0.2) is 0 Å². The average Bonchev–Trinajstić information content (AvgIpc) is 3.13. The van der Waals surface area contributed by atoms with E-state index < -0.39 is 35.8 Å². The largest absolute Gasteiger partial charge is 0.481 e. The minimum atomic E-state index is -1.09. The van der Waals surface area contributed by atoms with Gasteiger partial charge in [-0.25, -0.2) is 9.97 Å². The fourth-order valence-corrected chi connectivity index (χ4v) is 4.61. The van der Waals surface area contributed by atoms with Crippen LogP contribution in [-0.2, 0) is 27.4 Å². The van der Waals surface area contributed by atoms with E-state index >= 15 is 0 Å². The van der Waals surface area contributed by atoms with Crippen LogP contribution < -0.4 is 31.6 Å². The fourth-order valence-electron chi connectivity index (χ4n) is 4.61. The molecule has 4 aromatic rings. The van der Waals surface area contributed by atoms with Crippen molar-refractivity contribution in [3.8, 4) is 47.9 Å². The SMILES string of the molecule is C#C[C@@H](CC(=O)O)NC(=O)c1cccc(Oc2cc(CN)cc(C)n2)c1.C#C[C@@H](CC(=O)OC)NC(=O)c1cccc(Oc2cc(CN)cc(C)n2)c1.Cl.Cl. The molecule has 16 heteroatoms. The van der Waals surface area contributed by atoms with Crippen molar-refractivity contribution in [3.05, 3.63) is 106 Å². The van der Waals surface area contributed by atoms with Crippen LogP contribution in [-0.4, -0.2) is 58.0 Å². The summed E-state index contributed by atoms with van der Waals surface area (Å²) >= 11 is 0. The highest BCUT2D eigenvalue weighted by molar-refractivity contribution is 5.96. The van der Waals surface area contributed by atoms with E-state index in [0.29, 0.717) is 47.5 Å². The summed E-state index contributed by atoms with van der Waals surface area (Å²) in [6.45, 7) is 4.41. The van der Waals surface area contributed by atoms with E-state index in [0.717, 1.165) is 22.5 Å². The molecule has 2 aromatic heterocycles. The Morgan fingerprint density at radius 2 is 1.15 bits per heavy atom. The van der Waals surface area contributed by atoms with Crippen molar-refractivity contribution in [2.24, 2.45) is 11.5 Å². The van der Waals surface area contributed by atoms with Crippen LogP contribution in [0.5, 0.6) is 23.3 Å². The molecule has 0 spiro atoms. The highest BCUT2D eigenvalue weighted by Gasteiger charge is 2.17. The molecular formula is C39H42Cl2N6O8. The normalized spacial score (nSPS) is 10.8. The Kier molecular flexibility index (Phi) is 20.0. The lowest BCUT2D eigenvalue weighted by molar-refractivity contribution is -0.141. The number of nitrogens with one attached hydrogen (secondary N) is 2. The Balaban J connectivity index is 0.000000531. The zero-order valence-corrected chi connectivity index (χ0v) is 31.9. The maximum absolute atomic E-state index is 12.4. The molecule has 0 aliphatic rings. The van der Waals surface area contributed by atoms with Crippen molar-refractivity contribution in [2.75, 3.05) is 7.11 Å². The highest BCUT2D eigenvalue weighted by Crippen LogP contribution is 2.24. The second-order valence-corrected chi connectivity index (χ2v) is 11.3. The lowest BCUT2D eigenvalue weighted by Crippen LogP contribution is -2.35. The van der Waals surface area contributed by atoms with Gasteiger partial charge in [0.1, 0.15) is 23.6 Å². The van der Waals surface area contributed by atoms with Crippen molar-refractivity contribution in [1.82, 2.24) is 20.6 Å². The number of amides is 2. The Morgan fingerprint density at radius 1 is 0.727 bits per heavy atom. The number of ether oxygens (including phenoxy) is 3. The quantitative estimate of drug-likeness (QED) is 0.0873. The zero-order chi connectivity index (χ0) is 38.9. The summed E-state index contributed by atoms with van der Waals surface area (Å²) in [6, 6.07) is 18.5. The number of aryl methyl sites for hydroxylation is 2. The number of carboxylic acid groups (broad SMARTS) is 1. The van der Waals surface area contributed by atoms with Gasteiger partial charge in [0.25, 0.3) is 11.8 Å². The Bertz CT molecular complexity index is 2030. The molecule has 0 aliphatic carbocycles. The van der Waals surface area contributed by atoms with E-state index in [1.807, 2.05) is 26.0 Å². The third-order valence-electron chi connectivity index (χ3n) is 7.08. The van der Waals surface area contributed by atoms with Gasteiger partial charge in [-0.1, -0.05) is 24.0 Å². The number of methoxy groups -OCH3 is 1. The van der Waals surface area contributed by atoms with Crippen LogP contribution in [0.1, 0.15) is 56.1 Å². The molecular weight excluding hydrogens is 751 g/mol. The van der Waals surface area contributed by atoms with Gasteiger partial charge >= 0.3 is 11.9 Å². The molecule has 290 valence electrons. The first-order valence-corrected chi connectivity index (χ1v) is 16.1. The van der Waals surface area contributed by atoms with Gasteiger partial charge in [0.05, 0.1) is 20.0 Å². The number of aliphatic carboxylic acids is 1. The summed E-state index contributed by atoms with van der Waals surface area (Å²) in [7, 11) is 1.26. The molecule has 0 saturated heterocycles. The predicted octanol–water partition coefficient (Wildman–Crippen LogP) is 4.63. The van der Waals surface area contributed by atoms with Crippen LogP contribution in [0, 0.1) is 38.5 Å². The van der Waals surface area contributed by atoms with Gasteiger partial charge in [-0.05, 0) is 73.5 Å². The first kappa shape index (κ1) is 46.9. The number of aromatic nitrogens is 2. The number of benzene rings is 2. The summed E-state index contributed by atoms with van der Waals surface area (Å²) < 4.78 is 16.0. The minimum absolute atomic E-state index is 0. The van der Waals surface area contributed by atoms with Crippen LogP contribution >= 0.6 is 24.8 Å². The van der Waals surface area contributed by atoms with Crippen molar-refractivity contribution in [2.45, 2.75) is 51.9 Å². The second-order valence-electron chi connectivity index (χ2n) is 11.3. The number of nitrogens with zero attached hydrogens (tertiary/aromatic N) is 2. The molecule has 0 bridgehead atoms. The lowest BCUT2D eigenvalue weighted by atomic mass is 10.1. The molecule has 4 rings (SSSR count). The number of carbonyl (C=O) groups is 4. The molecule has 2 amide bonds. The van der Waals surface area contributed by atoms with E-state index in [1.165, 1.54) is 13.2 Å². The molecule has 2 heterocycles. The molecule has 2 aromatic carbocycles. The summed E-state index contributed by atoms with van der Waals surface area (Å²) in [5.74, 6) is 3.70. The number of hydrogen-bond acceptors (Lipinski definition) is 11. The number of pyridine rings is 2. The van der Waals surface area contributed by atoms with Crippen LogP contribution in [0.15, 0.2) is 72.8 Å². The minimum Gasteiger partial charge on any atom is -0.481 e. The molecule has 0 unspecified atom stereocenters. The van der Waals surface area contributed by atoms with E-state index in [-0.39, 0.29) is 37.7 Å². The van der Waals surface area contributed by atoms with Gasteiger partial charge in [0.2, 0.25) is 11.8 Å². The zero-order valence-electron chi connectivity index (χ0n) is 30.2. The second kappa shape index (κ2) is 23.5. The molecule has 2 atom stereocenters. The monoisotopic (exact) mass is 792 g/mol. The standard InChI is InChI=1S/C20H21N3O4.C19H19N3O4.2ClH/c1-4-16(11-19(24)26-3)23-20(25)15-6-5-7-17(10-15)27-18-9-14(12-21)8-13(2)22-18;1-3-15(10-18(23)24)22-19(25)14-5-4-6-16(9-14)26-17-8-13(11-20)7-12(2)21-17;;/h1,5-10,16H,11-12,21H2,2-3H3,(H,23,25);1,4-9,15H,10-11,20H2,2H3,(H,22,25)(H,23,24);2*1H/t16-;15-;;/m00../s1. The number of hydrogen-bond donors (Lipinski definition) is 5. The van der Waals surface area contributed by atoms with E-state index in [4.69, 9.17) is 38.9 Å².